The smallest absolute Gasteiger partial charge is 0.0222 e. The molecule has 13 heavy (non-hydrogen) atoms. The van der Waals surface area contributed by atoms with Crippen molar-refractivity contribution in [3.63, 3.8) is 0 Å². The van der Waals surface area contributed by atoms with E-state index >= 15 is 0 Å². The van der Waals surface area contributed by atoms with E-state index in [-0.39, 0.29) is 0 Å². The van der Waals surface area contributed by atoms with Gasteiger partial charge in [-0.15, -0.1) is 0 Å². The Balaban J connectivity index is 1.72. The van der Waals surface area contributed by atoms with Gasteiger partial charge in [0.2, 0.25) is 0 Å². The maximum Gasteiger partial charge on any atom is 0.0222 e. The van der Waals surface area contributed by atoms with Crippen LogP contribution >= 0.6 is 0 Å². The summed E-state index contributed by atoms with van der Waals surface area (Å²) in [7, 11) is 0. The monoisotopic (exact) mass is 178 g/mol. The van der Waals surface area contributed by atoms with E-state index in [1.807, 2.05) is 0 Å². The minimum atomic E-state index is 0.948. The summed E-state index contributed by atoms with van der Waals surface area (Å²) in [5.41, 5.74) is 0. The first-order valence-corrected chi connectivity index (χ1v) is 5.26. The van der Waals surface area contributed by atoms with Gasteiger partial charge in [0.25, 0.3) is 0 Å². The predicted molar refractivity (Wildman–Crippen MR) is 54.6 cm³/mol. The molecule has 0 aromatic carbocycles. The van der Waals surface area contributed by atoms with Crippen LogP contribution in [0.3, 0.4) is 0 Å². The lowest BCUT2D eigenvalue weighted by Gasteiger charge is -2.22. The first-order chi connectivity index (χ1) is 6.45. The number of aromatic nitrogens is 1. The van der Waals surface area contributed by atoms with Gasteiger partial charge < -0.3 is 9.88 Å². The molecule has 0 unspecified atom stereocenters. The summed E-state index contributed by atoms with van der Waals surface area (Å²) in [4.78, 5) is 0. The Hall–Kier alpha value is -0.760. The molecule has 0 amide bonds. The Morgan fingerprint density at radius 3 is 2.54 bits per heavy atom. The van der Waals surface area contributed by atoms with Crippen LogP contribution in [0.25, 0.3) is 0 Å². The number of nitrogens with one attached hydrogen (secondary N) is 1. The number of hydrogen-bond donors (Lipinski definition) is 1. The third-order valence-electron chi connectivity index (χ3n) is 2.92. The number of aryl methyl sites for hydroxylation is 1. The average molecular weight is 178 g/mol. The highest BCUT2D eigenvalue weighted by atomic mass is 14.9. The molecule has 1 aliphatic rings. The first-order valence-electron chi connectivity index (χ1n) is 5.26. The molecule has 0 spiro atoms. The van der Waals surface area contributed by atoms with Crippen molar-refractivity contribution in [2.24, 2.45) is 5.92 Å². The average Bonchev–Trinajstić information content (AvgIpc) is 2.69. The van der Waals surface area contributed by atoms with Crippen LogP contribution < -0.4 is 5.32 Å². The topological polar surface area (TPSA) is 17.0 Å². The number of rotatable bonds is 3. The summed E-state index contributed by atoms with van der Waals surface area (Å²) in [6, 6.07) is 4.20. The normalized spacial score (nSPS) is 19.1. The van der Waals surface area contributed by atoms with Crippen LogP contribution in [0.15, 0.2) is 24.5 Å². The maximum atomic E-state index is 3.40. The zero-order chi connectivity index (χ0) is 8.93. The fourth-order valence-corrected chi connectivity index (χ4v) is 2.02. The Bertz CT molecular complexity index is 222. The third kappa shape index (κ3) is 2.59. The van der Waals surface area contributed by atoms with Gasteiger partial charge in [-0.25, -0.2) is 0 Å². The summed E-state index contributed by atoms with van der Waals surface area (Å²) in [6.07, 6.45) is 8.38. The van der Waals surface area contributed by atoms with E-state index in [1.54, 1.807) is 0 Å². The number of nitrogens with zero attached hydrogens (tertiary/aromatic N) is 1. The van der Waals surface area contributed by atoms with E-state index in [1.165, 1.54) is 38.9 Å². The lowest BCUT2D eigenvalue weighted by Crippen LogP contribution is -2.28. The molecule has 1 aromatic heterocycles. The van der Waals surface area contributed by atoms with Crippen LogP contribution in [-0.4, -0.2) is 17.7 Å². The molecule has 0 atom stereocenters. The second kappa shape index (κ2) is 4.47. The molecule has 1 fully saturated rings. The van der Waals surface area contributed by atoms with Gasteiger partial charge in [-0.05, 0) is 50.4 Å². The van der Waals surface area contributed by atoms with E-state index in [4.69, 9.17) is 0 Å². The SMILES string of the molecule is c1ccn(CCC2CCNCC2)c1. The zero-order valence-corrected chi connectivity index (χ0v) is 8.08. The van der Waals surface area contributed by atoms with Gasteiger partial charge in [0.15, 0.2) is 0 Å². The van der Waals surface area contributed by atoms with Crippen LogP contribution in [0.2, 0.25) is 0 Å². The van der Waals surface area contributed by atoms with Crippen LogP contribution in [0, 0.1) is 5.92 Å². The molecule has 1 saturated heterocycles. The summed E-state index contributed by atoms with van der Waals surface area (Å²) >= 11 is 0. The Labute approximate surface area is 79.9 Å². The highest BCUT2D eigenvalue weighted by Crippen LogP contribution is 2.16. The van der Waals surface area contributed by atoms with E-state index in [0.29, 0.717) is 0 Å². The Kier molecular flexibility index (Phi) is 3.03. The molecule has 2 heteroatoms. The van der Waals surface area contributed by atoms with Crippen molar-refractivity contribution in [1.29, 1.82) is 0 Å². The van der Waals surface area contributed by atoms with Crippen molar-refractivity contribution in [2.75, 3.05) is 13.1 Å². The van der Waals surface area contributed by atoms with Crippen molar-refractivity contribution < 1.29 is 0 Å². The van der Waals surface area contributed by atoms with Crippen LogP contribution in [0.5, 0.6) is 0 Å². The second-order valence-electron chi connectivity index (χ2n) is 3.90. The molecule has 0 saturated carbocycles. The third-order valence-corrected chi connectivity index (χ3v) is 2.92. The second-order valence-corrected chi connectivity index (χ2v) is 3.90. The molecule has 1 aliphatic heterocycles. The Morgan fingerprint density at radius 2 is 1.85 bits per heavy atom. The maximum absolute atomic E-state index is 3.40. The van der Waals surface area contributed by atoms with Gasteiger partial charge in [0, 0.05) is 18.9 Å². The number of hydrogen-bond acceptors (Lipinski definition) is 1. The minimum Gasteiger partial charge on any atom is -0.354 e. The van der Waals surface area contributed by atoms with E-state index < -0.39 is 0 Å². The van der Waals surface area contributed by atoms with Crippen molar-refractivity contribution in [3.05, 3.63) is 24.5 Å². The van der Waals surface area contributed by atoms with Gasteiger partial charge in [-0.2, -0.15) is 0 Å². The first kappa shape index (κ1) is 8.82. The van der Waals surface area contributed by atoms with Crippen LogP contribution in [-0.2, 0) is 6.54 Å². The zero-order valence-electron chi connectivity index (χ0n) is 8.08. The molecule has 1 N–H and O–H groups in total. The minimum absolute atomic E-state index is 0.948. The molecule has 2 rings (SSSR count). The molecule has 2 heterocycles. The predicted octanol–water partition coefficient (Wildman–Crippen LogP) is 1.88. The lowest BCUT2D eigenvalue weighted by atomic mass is 9.95. The molecule has 0 radical (unpaired) electrons. The van der Waals surface area contributed by atoms with Crippen molar-refractivity contribution in [3.8, 4) is 0 Å². The van der Waals surface area contributed by atoms with Crippen molar-refractivity contribution >= 4 is 0 Å². The molecule has 1 aromatic rings. The lowest BCUT2D eigenvalue weighted by molar-refractivity contribution is 0.338. The van der Waals surface area contributed by atoms with Crippen LogP contribution in [0.1, 0.15) is 19.3 Å². The summed E-state index contributed by atoms with van der Waals surface area (Å²) in [6.45, 7) is 3.63. The van der Waals surface area contributed by atoms with Crippen LogP contribution in [0.4, 0.5) is 0 Å². The fraction of sp³-hybridized carbons (Fsp3) is 0.636. The standard InChI is InChI=1S/C11H18N2/c1-2-9-13(8-1)10-5-11-3-6-12-7-4-11/h1-2,8-9,11-12H,3-7,10H2. The molecular formula is C11H18N2. The molecule has 0 aliphatic carbocycles. The van der Waals surface area contributed by atoms with E-state index in [0.717, 1.165) is 5.92 Å². The molecular weight excluding hydrogens is 160 g/mol. The highest BCUT2D eigenvalue weighted by molar-refractivity contribution is 4.90. The molecule has 0 bridgehead atoms. The van der Waals surface area contributed by atoms with Gasteiger partial charge in [-0.1, -0.05) is 0 Å². The Morgan fingerprint density at radius 1 is 1.15 bits per heavy atom. The summed E-state index contributed by atoms with van der Waals surface area (Å²) < 4.78 is 2.28. The quantitative estimate of drug-likeness (QED) is 0.747. The number of piperidine rings is 1. The molecule has 2 nitrogen and oxygen atoms in total. The van der Waals surface area contributed by atoms with Gasteiger partial charge >= 0.3 is 0 Å². The summed E-state index contributed by atoms with van der Waals surface area (Å²) in [5, 5.41) is 3.40. The molecule has 72 valence electrons. The van der Waals surface area contributed by atoms with Crippen molar-refractivity contribution in [1.82, 2.24) is 9.88 Å². The van der Waals surface area contributed by atoms with Gasteiger partial charge in [0.05, 0.1) is 0 Å². The summed E-state index contributed by atoms with van der Waals surface area (Å²) in [5.74, 6) is 0.948. The van der Waals surface area contributed by atoms with Gasteiger partial charge in [0.1, 0.15) is 0 Å². The van der Waals surface area contributed by atoms with E-state index in [2.05, 4.69) is 34.4 Å². The van der Waals surface area contributed by atoms with Crippen molar-refractivity contribution in [2.45, 2.75) is 25.8 Å². The largest absolute Gasteiger partial charge is 0.354 e. The van der Waals surface area contributed by atoms with Gasteiger partial charge in [-0.3, -0.25) is 0 Å². The fourth-order valence-electron chi connectivity index (χ4n) is 2.02. The van der Waals surface area contributed by atoms with E-state index in [9.17, 15) is 0 Å². The highest BCUT2D eigenvalue weighted by Gasteiger charge is 2.11.